The summed E-state index contributed by atoms with van der Waals surface area (Å²) in [5.41, 5.74) is 4.86. The molecule has 2 nitrogen and oxygen atoms in total. The number of thiophene rings is 1. The highest BCUT2D eigenvalue weighted by molar-refractivity contribution is 7.08. The summed E-state index contributed by atoms with van der Waals surface area (Å²) >= 11 is 1.57. The average Bonchev–Trinajstić information content (AvgIpc) is 2.79. The Kier molecular flexibility index (Phi) is 3.33. The van der Waals surface area contributed by atoms with Gasteiger partial charge in [0.2, 0.25) is 0 Å². The first-order valence-electron chi connectivity index (χ1n) is 4.97. The zero-order valence-corrected chi connectivity index (χ0v) is 9.72. The quantitative estimate of drug-likeness (QED) is 0.635. The van der Waals surface area contributed by atoms with Gasteiger partial charge in [0.05, 0.1) is 6.04 Å². The highest BCUT2D eigenvalue weighted by Gasteiger charge is 2.17. The molecule has 0 amide bonds. The van der Waals surface area contributed by atoms with E-state index in [0.717, 1.165) is 5.56 Å². The van der Waals surface area contributed by atoms with Gasteiger partial charge >= 0.3 is 0 Å². The van der Waals surface area contributed by atoms with Crippen LogP contribution in [0.5, 0.6) is 0 Å². The van der Waals surface area contributed by atoms with Crippen LogP contribution in [0.1, 0.15) is 22.7 Å². The van der Waals surface area contributed by atoms with Gasteiger partial charge in [0, 0.05) is 5.56 Å². The van der Waals surface area contributed by atoms with E-state index in [9.17, 15) is 4.39 Å². The molecule has 0 aliphatic heterocycles. The lowest BCUT2D eigenvalue weighted by molar-refractivity contribution is 0.555. The lowest BCUT2D eigenvalue weighted by Crippen LogP contribution is -2.29. The van der Waals surface area contributed by atoms with Gasteiger partial charge in [-0.25, -0.2) is 9.82 Å². The number of hydrogen-bond acceptors (Lipinski definition) is 3. The Balaban J connectivity index is 2.45. The molecule has 0 aliphatic rings. The van der Waals surface area contributed by atoms with Crippen molar-refractivity contribution in [3.8, 4) is 0 Å². The highest BCUT2D eigenvalue weighted by Crippen LogP contribution is 2.26. The maximum atomic E-state index is 13.9. The molecule has 0 spiro atoms. The van der Waals surface area contributed by atoms with E-state index in [4.69, 9.17) is 5.84 Å². The normalized spacial score (nSPS) is 12.7. The Hall–Kier alpha value is -1.23. The minimum atomic E-state index is -0.286. The van der Waals surface area contributed by atoms with Crippen molar-refractivity contribution in [2.75, 3.05) is 0 Å². The van der Waals surface area contributed by atoms with Crippen molar-refractivity contribution in [3.05, 3.63) is 57.5 Å². The molecule has 3 N–H and O–H groups in total. The van der Waals surface area contributed by atoms with Crippen LogP contribution in [-0.2, 0) is 0 Å². The fourth-order valence-corrected chi connectivity index (χ4v) is 2.38. The smallest absolute Gasteiger partial charge is 0.131 e. The van der Waals surface area contributed by atoms with Gasteiger partial charge in [0.1, 0.15) is 5.82 Å². The van der Waals surface area contributed by atoms with E-state index in [1.54, 1.807) is 30.4 Å². The molecule has 0 saturated heterocycles. The van der Waals surface area contributed by atoms with Gasteiger partial charge < -0.3 is 0 Å². The van der Waals surface area contributed by atoms with Gasteiger partial charge in [-0.3, -0.25) is 5.84 Å². The monoisotopic (exact) mass is 236 g/mol. The Morgan fingerprint density at radius 3 is 2.81 bits per heavy atom. The maximum Gasteiger partial charge on any atom is 0.131 e. The Morgan fingerprint density at radius 2 is 2.19 bits per heavy atom. The number of hydrazine groups is 1. The minimum absolute atomic E-state index is 0.198. The summed E-state index contributed by atoms with van der Waals surface area (Å²) in [7, 11) is 0. The van der Waals surface area contributed by atoms with Crippen molar-refractivity contribution >= 4 is 11.3 Å². The molecule has 0 fully saturated rings. The zero-order chi connectivity index (χ0) is 11.5. The van der Waals surface area contributed by atoms with Gasteiger partial charge in [-0.05, 0) is 34.9 Å². The predicted octanol–water partition coefficient (Wildman–Crippen LogP) is 2.75. The lowest BCUT2D eigenvalue weighted by atomic mass is 9.99. The van der Waals surface area contributed by atoms with E-state index in [-0.39, 0.29) is 11.9 Å². The number of nitrogens with one attached hydrogen (secondary N) is 1. The van der Waals surface area contributed by atoms with Crippen LogP contribution < -0.4 is 11.3 Å². The first-order chi connectivity index (χ1) is 7.74. The SMILES string of the molecule is Cc1cccc(C(NN)c2ccsc2)c1F. The summed E-state index contributed by atoms with van der Waals surface area (Å²) in [5, 5.41) is 3.92. The summed E-state index contributed by atoms with van der Waals surface area (Å²) in [6.45, 7) is 1.75. The van der Waals surface area contributed by atoms with Crippen LogP contribution in [0.4, 0.5) is 4.39 Å². The van der Waals surface area contributed by atoms with Crippen molar-refractivity contribution in [1.82, 2.24) is 5.43 Å². The van der Waals surface area contributed by atoms with Crippen LogP contribution >= 0.6 is 11.3 Å². The molecule has 0 aliphatic carbocycles. The van der Waals surface area contributed by atoms with Crippen LogP contribution in [0.2, 0.25) is 0 Å². The fourth-order valence-electron chi connectivity index (χ4n) is 1.70. The van der Waals surface area contributed by atoms with E-state index < -0.39 is 0 Å². The summed E-state index contributed by atoms with van der Waals surface area (Å²) < 4.78 is 13.9. The highest BCUT2D eigenvalue weighted by atomic mass is 32.1. The molecule has 1 unspecified atom stereocenters. The molecule has 4 heteroatoms. The number of hydrogen-bond donors (Lipinski definition) is 2. The molecule has 0 bridgehead atoms. The summed E-state index contributed by atoms with van der Waals surface area (Å²) in [6, 6.07) is 7.00. The van der Waals surface area contributed by atoms with Crippen LogP contribution in [0.15, 0.2) is 35.0 Å². The van der Waals surface area contributed by atoms with E-state index in [1.807, 2.05) is 22.9 Å². The molecule has 1 aromatic heterocycles. The third-order valence-electron chi connectivity index (χ3n) is 2.58. The van der Waals surface area contributed by atoms with Crippen molar-refractivity contribution in [3.63, 3.8) is 0 Å². The van der Waals surface area contributed by atoms with Crippen molar-refractivity contribution in [2.24, 2.45) is 5.84 Å². The maximum absolute atomic E-state index is 13.9. The van der Waals surface area contributed by atoms with Crippen LogP contribution in [0.3, 0.4) is 0 Å². The van der Waals surface area contributed by atoms with Crippen molar-refractivity contribution < 1.29 is 4.39 Å². The van der Waals surface area contributed by atoms with Gasteiger partial charge in [0.15, 0.2) is 0 Å². The molecule has 1 aromatic carbocycles. The van der Waals surface area contributed by atoms with Gasteiger partial charge in [-0.2, -0.15) is 11.3 Å². The van der Waals surface area contributed by atoms with Gasteiger partial charge in [0.25, 0.3) is 0 Å². The number of aryl methyl sites for hydroxylation is 1. The zero-order valence-electron chi connectivity index (χ0n) is 8.91. The largest absolute Gasteiger partial charge is 0.271 e. The Morgan fingerprint density at radius 1 is 1.38 bits per heavy atom. The second-order valence-electron chi connectivity index (χ2n) is 3.63. The first-order valence-corrected chi connectivity index (χ1v) is 5.91. The Labute approximate surface area is 97.9 Å². The average molecular weight is 236 g/mol. The van der Waals surface area contributed by atoms with Gasteiger partial charge in [-0.1, -0.05) is 18.2 Å². The minimum Gasteiger partial charge on any atom is -0.271 e. The van der Waals surface area contributed by atoms with Crippen LogP contribution in [0.25, 0.3) is 0 Å². The van der Waals surface area contributed by atoms with Crippen molar-refractivity contribution in [1.29, 1.82) is 0 Å². The van der Waals surface area contributed by atoms with Crippen molar-refractivity contribution in [2.45, 2.75) is 13.0 Å². The first kappa shape index (κ1) is 11.3. The number of halogens is 1. The number of rotatable bonds is 3. The molecule has 1 atom stereocenters. The second kappa shape index (κ2) is 4.74. The molecule has 84 valence electrons. The number of benzene rings is 1. The molecule has 2 aromatic rings. The van der Waals surface area contributed by atoms with E-state index in [2.05, 4.69) is 5.43 Å². The molecule has 2 rings (SSSR count). The fraction of sp³-hybridized carbons (Fsp3) is 0.167. The predicted molar refractivity (Wildman–Crippen MR) is 64.6 cm³/mol. The topological polar surface area (TPSA) is 38.0 Å². The van der Waals surface area contributed by atoms with E-state index in [0.29, 0.717) is 11.1 Å². The second-order valence-corrected chi connectivity index (χ2v) is 4.41. The summed E-state index contributed by atoms with van der Waals surface area (Å²) in [4.78, 5) is 0. The van der Waals surface area contributed by atoms with E-state index >= 15 is 0 Å². The lowest BCUT2D eigenvalue weighted by Gasteiger charge is -2.16. The van der Waals surface area contributed by atoms with Gasteiger partial charge in [-0.15, -0.1) is 0 Å². The standard InChI is InChI=1S/C12H13FN2S/c1-8-3-2-4-10(11(8)13)12(15-14)9-5-6-16-7-9/h2-7,12,15H,14H2,1H3. The molecule has 0 radical (unpaired) electrons. The number of nitrogens with two attached hydrogens (primary N) is 1. The molecule has 0 saturated carbocycles. The third kappa shape index (κ3) is 2.00. The van der Waals surface area contributed by atoms with Crippen LogP contribution in [-0.4, -0.2) is 0 Å². The van der Waals surface area contributed by atoms with Crippen LogP contribution in [0, 0.1) is 12.7 Å². The molecular formula is C12H13FN2S. The summed E-state index contributed by atoms with van der Waals surface area (Å²) in [5.74, 6) is 5.31. The Bertz CT molecular complexity index is 468. The molecule has 16 heavy (non-hydrogen) atoms. The van der Waals surface area contributed by atoms with E-state index in [1.165, 1.54) is 0 Å². The molecular weight excluding hydrogens is 223 g/mol. The summed E-state index contributed by atoms with van der Waals surface area (Å²) in [6.07, 6.45) is 0. The third-order valence-corrected chi connectivity index (χ3v) is 3.28. The molecule has 1 heterocycles.